The van der Waals surface area contributed by atoms with E-state index in [0.29, 0.717) is 23.2 Å². The molecular weight excluding hydrogens is 276 g/mol. The minimum Gasteiger partial charge on any atom is -0.496 e. The number of ether oxygens (including phenoxy) is 1. The van der Waals surface area contributed by atoms with Gasteiger partial charge in [0.25, 0.3) is 0 Å². The summed E-state index contributed by atoms with van der Waals surface area (Å²) >= 11 is 6.00. The fourth-order valence-electron chi connectivity index (χ4n) is 2.76. The minimum atomic E-state index is 0.142. The molecule has 20 heavy (non-hydrogen) atoms. The molecule has 5 heteroatoms. The first-order valence-electron chi connectivity index (χ1n) is 6.92. The van der Waals surface area contributed by atoms with Gasteiger partial charge in [-0.1, -0.05) is 11.6 Å². The second-order valence-corrected chi connectivity index (χ2v) is 5.51. The van der Waals surface area contributed by atoms with E-state index in [-0.39, 0.29) is 5.91 Å². The van der Waals surface area contributed by atoms with Crippen LogP contribution in [0.3, 0.4) is 0 Å². The van der Waals surface area contributed by atoms with E-state index in [1.807, 2.05) is 11.9 Å². The molecule has 2 rings (SSSR count). The molecule has 0 spiro atoms. The highest BCUT2D eigenvalue weighted by Crippen LogP contribution is 2.25. The number of benzene rings is 1. The largest absolute Gasteiger partial charge is 0.496 e. The number of carbonyl (C=O) groups excluding carboxylic acids is 1. The third-order valence-corrected chi connectivity index (χ3v) is 3.96. The summed E-state index contributed by atoms with van der Waals surface area (Å²) < 4.78 is 5.30. The van der Waals surface area contributed by atoms with Gasteiger partial charge in [-0.25, -0.2) is 0 Å². The van der Waals surface area contributed by atoms with Gasteiger partial charge in [-0.3, -0.25) is 4.79 Å². The predicted molar refractivity (Wildman–Crippen MR) is 80.4 cm³/mol. The van der Waals surface area contributed by atoms with Crippen LogP contribution >= 0.6 is 11.6 Å². The van der Waals surface area contributed by atoms with Crippen LogP contribution in [0.15, 0.2) is 18.2 Å². The Morgan fingerprint density at radius 3 is 3.05 bits per heavy atom. The van der Waals surface area contributed by atoms with Crippen LogP contribution in [-0.4, -0.2) is 44.1 Å². The lowest BCUT2D eigenvalue weighted by atomic mass is 10.1. The van der Waals surface area contributed by atoms with E-state index in [9.17, 15) is 4.79 Å². The average Bonchev–Trinajstić information content (AvgIpc) is 2.88. The van der Waals surface area contributed by atoms with E-state index in [4.69, 9.17) is 16.3 Å². The number of likely N-dealkylation sites (tertiary alicyclic amines) is 1. The van der Waals surface area contributed by atoms with E-state index >= 15 is 0 Å². The third kappa shape index (κ3) is 3.44. The maximum atomic E-state index is 12.5. The zero-order valence-corrected chi connectivity index (χ0v) is 12.7. The fraction of sp³-hybridized carbons (Fsp3) is 0.533. The molecular formula is C15H21ClN2O2. The van der Waals surface area contributed by atoms with Crippen molar-refractivity contribution in [2.75, 3.05) is 27.2 Å². The number of hydrogen-bond donors (Lipinski definition) is 1. The Labute approximate surface area is 125 Å². The summed E-state index contributed by atoms with van der Waals surface area (Å²) in [6.07, 6.45) is 2.48. The molecule has 110 valence electrons. The van der Waals surface area contributed by atoms with Crippen LogP contribution in [0, 0.1) is 0 Å². The van der Waals surface area contributed by atoms with Crippen LogP contribution in [0.25, 0.3) is 0 Å². The third-order valence-electron chi connectivity index (χ3n) is 3.72. The SMILES string of the molecule is CNC[C@@H]1CCCN1C(=O)Cc1cc(Cl)ccc1OC. The normalized spacial score (nSPS) is 18.4. The number of carbonyl (C=O) groups is 1. The molecule has 4 nitrogen and oxygen atoms in total. The van der Waals surface area contributed by atoms with Crippen molar-refractivity contribution < 1.29 is 9.53 Å². The van der Waals surface area contributed by atoms with E-state index in [1.54, 1.807) is 25.3 Å². The zero-order valence-electron chi connectivity index (χ0n) is 12.0. The Kier molecular flexibility index (Phi) is 5.26. The van der Waals surface area contributed by atoms with Crippen molar-refractivity contribution in [3.63, 3.8) is 0 Å². The number of amides is 1. The number of methoxy groups -OCH3 is 1. The number of rotatable bonds is 5. The van der Waals surface area contributed by atoms with Crippen LogP contribution in [0.5, 0.6) is 5.75 Å². The van der Waals surface area contributed by atoms with E-state index in [0.717, 1.165) is 31.5 Å². The second-order valence-electron chi connectivity index (χ2n) is 5.07. The first-order chi connectivity index (χ1) is 9.65. The molecule has 0 radical (unpaired) electrons. The van der Waals surface area contributed by atoms with Crippen LogP contribution in [0.1, 0.15) is 18.4 Å². The lowest BCUT2D eigenvalue weighted by Gasteiger charge is -2.25. The number of likely N-dealkylation sites (N-methyl/N-ethyl adjacent to an activating group) is 1. The minimum absolute atomic E-state index is 0.142. The van der Waals surface area contributed by atoms with Crippen molar-refractivity contribution in [2.24, 2.45) is 0 Å². The smallest absolute Gasteiger partial charge is 0.227 e. The summed E-state index contributed by atoms with van der Waals surface area (Å²) in [5.74, 6) is 0.857. The molecule has 1 amide bonds. The molecule has 1 fully saturated rings. The summed E-state index contributed by atoms with van der Waals surface area (Å²) in [6, 6.07) is 5.69. The Hall–Kier alpha value is -1.26. The summed E-state index contributed by atoms with van der Waals surface area (Å²) in [7, 11) is 3.53. The molecule has 1 atom stereocenters. The number of hydrogen-bond acceptors (Lipinski definition) is 3. The zero-order chi connectivity index (χ0) is 14.5. The summed E-state index contributed by atoms with van der Waals surface area (Å²) in [5, 5.41) is 3.78. The van der Waals surface area contributed by atoms with Gasteiger partial charge in [0.2, 0.25) is 5.91 Å². The van der Waals surface area contributed by atoms with E-state index in [2.05, 4.69) is 5.32 Å². The maximum absolute atomic E-state index is 12.5. The number of halogens is 1. The standard InChI is InChI=1S/C15H21ClN2O2/c1-17-10-13-4-3-7-18(13)15(19)9-11-8-12(16)5-6-14(11)20-2/h5-6,8,13,17H,3-4,7,9-10H2,1-2H3/t13-/m0/s1. The van der Waals surface area contributed by atoms with Crippen LogP contribution in [0.4, 0.5) is 0 Å². The van der Waals surface area contributed by atoms with Crippen LogP contribution in [0.2, 0.25) is 5.02 Å². The molecule has 1 aromatic rings. The lowest BCUT2D eigenvalue weighted by Crippen LogP contribution is -2.41. The summed E-state index contributed by atoms with van der Waals surface area (Å²) in [5.41, 5.74) is 0.847. The fourth-order valence-corrected chi connectivity index (χ4v) is 2.96. The van der Waals surface area contributed by atoms with E-state index < -0.39 is 0 Å². The topological polar surface area (TPSA) is 41.6 Å². The van der Waals surface area contributed by atoms with Crippen molar-refractivity contribution in [1.82, 2.24) is 10.2 Å². The van der Waals surface area contributed by atoms with Gasteiger partial charge in [0.15, 0.2) is 0 Å². The monoisotopic (exact) mass is 296 g/mol. The van der Waals surface area contributed by atoms with Crippen LogP contribution < -0.4 is 10.1 Å². The van der Waals surface area contributed by atoms with Gasteiger partial charge in [-0.15, -0.1) is 0 Å². The molecule has 0 aromatic heterocycles. The molecule has 0 aliphatic carbocycles. The first kappa shape index (κ1) is 15.1. The average molecular weight is 297 g/mol. The summed E-state index contributed by atoms with van der Waals surface area (Å²) in [6.45, 7) is 1.69. The Morgan fingerprint density at radius 1 is 1.55 bits per heavy atom. The van der Waals surface area contributed by atoms with Gasteiger partial charge >= 0.3 is 0 Å². The molecule has 0 unspecified atom stereocenters. The van der Waals surface area contributed by atoms with Gasteiger partial charge in [-0.05, 0) is 38.1 Å². The molecule has 0 bridgehead atoms. The summed E-state index contributed by atoms with van der Waals surface area (Å²) in [4.78, 5) is 14.4. The first-order valence-corrected chi connectivity index (χ1v) is 7.30. The maximum Gasteiger partial charge on any atom is 0.227 e. The Balaban J connectivity index is 2.09. The molecule has 0 saturated carbocycles. The quantitative estimate of drug-likeness (QED) is 0.905. The highest BCUT2D eigenvalue weighted by molar-refractivity contribution is 6.30. The molecule has 1 saturated heterocycles. The van der Waals surface area contributed by atoms with E-state index in [1.165, 1.54) is 0 Å². The molecule has 1 aliphatic rings. The molecule has 1 N–H and O–H groups in total. The van der Waals surface area contributed by atoms with Crippen LogP contribution in [-0.2, 0) is 11.2 Å². The van der Waals surface area contributed by atoms with Crippen molar-refractivity contribution in [1.29, 1.82) is 0 Å². The molecule has 1 aliphatic heterocycles. The van der Waals surface area contributed by atoms with Crippen molar-refractivity contribution >= 4 is 17.5 Å². The second kappa shape index (κ2) is 6.95. The van der Waals surface area contributed by atoms with Crippen molar-refractivity contribution in [2.45, 2.75) is 25.3 Å². The van der Waals surface area contributed by atoms with Gasteiger partial charge in [0.05, 0.1) is 13.5 Å². The lowest BCUT2D eigenvalue weighted by molar-refractivity contribution is -0.131. The molecule has 1 heterocycles. The van der Waals surface area contributed by atoms with Gasteiger partial charge < -0.3 is 15.0 Å². The Bertz CT molecular complexity index is 479. The van der Waals surface area contributed by atoms with Gasteiger partial charge in [0, 0.05) is 29.7 Å². The van der Waals surface area contributed by atoms with Crippen molar-refractivity contribution in [3.05, 3.63) is 28.8 Å². The van der Waals surface area contributed by atoms with Crippen molar-refractivity contribution in [3.8, 4) is 5.75 Å². The van der Waals surface area contributed by atoms with Gasteiger partial charge in [-0.2, -0.15) is 0 Å². The number of nitrogens with zero attached hydrogens (tertiary/aromatic N) is 1. The highest BCUT2D eigenvalue weighted by Gasteiger charge is 2.28. The van der Waals surface area contributed by atoms with Gasteiger partial charge in [0.1, 0.15) is 5.75 Å². The highest BCUT2D eigenvalue weighted by atomic mass is 35.5. The Morgan fingerprint density at radius 2 is 2.35 bits per heavy atom. The molecule has 1 aromatic carbocycles. The predicted octanol–water partition coefficient (Wildman–Crippen LogP) is 2.10. The number of nitrogens with one attached hydrogen (secondary N) is 1.